The largest absolute Gasteiger partial charge is 0.495 e. The molecule has 41 heavy (non-hydrogen) atoms. The second-order valence-corrected chi connectivity index (χ2v) is 13.4. The highest BCUT2D eigenvalue weighted by Crippen LogP contribution is 2.34. The van der Waals surface area contributed by atoms with Crippen molar-refractivity contribution in [1.29, 1.82) is 0 Å². The van der Waals surface area contributed by atoms with Crippen LogP contribution >= 0.6 is 23.2 Å². The van der Waals surface area contributed by atoms with Gasteiger partial charge in [0.05, 0.1) is 27.7 Å². The number of hydrogen-bond donors (Lipinski definition) is 1. The summed E-state index contributed by atoms with van der Waals surface area (Å²) >= 11 is 12.3. The minimum atomic E-state index is -4.23. The number of halogens is 2. The summed E-state index contributed by atoms with van der Waals surface area (Å²) in [5, 5.41) is 3.53. The van der Waals surface area contributed by atoms with Crippen LogP contribution in [0.15, 0.2) is 71.6 Å². The van der Waals surface area contributed by atoms with E-state index in [9.17, 15) is 18.0 Å². The molecule has 0 saturated heterocycles. The highest BCUT2D eigenvalue weighted by molar-refractivity contribution is 7.92. The number of methoxy groups -OCH3 is 1. The van der Waals surface area contributed by atoms with E-state index < -0.39 is 40.0 Å². The Morgan fingerprint density at radius 3 is 2.22 bits per heavy atom. The molecule has 0 aromatic heterocycles. The van der Waals surface area contributed by atoms with E-state index in [1.807, 2.05) is 27.7 Å². The van der Waals surface area contributed by atoms with Gasteiger partial charge in [0.15, 0.2) is 0 Å². The summed E-state index contributed by atoms with van der Waals surface area (Å²) in [6.07, 6.45) is 0. The summed E-state index contributed by atoms with van der Waals surface area (Å²) in [7, 11) is -2.80. The molecule has 0 aliphatic rings. The Labute approximate surface area is 252 Å². The third-order valence-corrected chi connectivity index (χ3v) is 8.73. The molecule has 3 aromatic rings. The molecular weight excluding hydrogens is 585 g/mol. The van der Waals surface area contributed by atoms with Crippen LogP contribution in [-0.2, 0) is 26.2 Å². The van der Waals surface area contributed by atoms with Crippen LogP contribution in [0.3, 0.4) is 0 Å². The number of rotatable bonds is 10. The van der Waals surface area contributed by atoms with Gasteiger partial charge in [0.2, 0.25) is 11.8 Å². The fourth-order valence-corrected chi connectivity index (χ4v) is 5.88. The van der Waals surface area contributed by atoms with E-state index in [-0.39, 0.29) is 22.9 Å². The van der Waals surface area contributed by atoms with Crippen molar-refractivity contribution in [3.63, 3.8) is 0 Å². The van der Waals surface area contributed by atoms with Crippen LogP contribution in [-0.4, -0.2) is 50.4 Å². The molecule has 0 aliphatic heterocycles. The van der Waals surface area contributed by atoms with Crippen molar-refractivity contribution in [1.82, 2.24) is 10.2 Å². The summed E-state index contributed by atoms with van der Waals surface area (Å²) < 4.78 is 34.5. The highest BCUT2D eigenvalue weighted by atomic mass is 35.5. The summed E-state index contributed by atoms with van der Waals surface area (Å²) in [6, 6.07) is 16.9. The SMILES string of the molecule is COc1ccc(C)cc1N(CC(=O)N(Cc1ccc(Cl)c(Cl)c1)C(C)C(=O)NC(C)(C)C)S(=O)(=O)c1ccccc1. The Morgan fingerprint density at radius 2 is 1.63 bits per heavy atom. The van der Waals surface area contributed by atoms with Gasteiger partial charge in [-0.2, -0.15) is 0 Å². The van der Waals surface area contributed by atoms with Crippen molar-refractivity contribution in [2.45, 2.75) is 57.6 Å². The number of hydrogen-bond acceptors (Lipinski definition) is 5. The standard InChI is InChI=1S/C30H35Cl2N3O5S/c1-20-12-15-27(40-6)26(16-20)35(41(38,39)23-10-8-7-9-11-23)19-28(36)34(21(2)29(37)33-30(3,4)5)18-22-13-14-24(31)25(32)17-22/h7-17,21H,18-19H2,1-6H3,(H,33,37). The quantitative estimate of drug-likeness (QED) is 0.308. The molecule has 3 rings (SSSR count). The third kappa shape index (κ3) is 8.15. The van der Waals surface area contributed by atoms with Gasteiger partial charge in [0.1, 0.15) is 18.3 Å². The van der Waals surface area contributed by atoms with Crippen LogP contribution in [0.1, 0.15) is 38.8 Å². The molecule has 1 N–H and O–H groups in total. The molecule has 0 bridgehead atoms. The second-order valence-electron chi connectivity index (χ2n) is 10.7. The number of carbonyl (C=O) groups excluding carboxylic acids is 2. The summed E-state index contributed by atoms with van der Waals surface area (Å²) in [6.45, 7) is 8.31. The van der Waals surface area contributed by atoms with E-state index in [1.165, 1.54) is 24.1 Å². The number of amides is 2. The molecule has 2 amide bonds. The number of ether oxygens (including phenoxy) is 1. The topological polar surface area (TPSA) is 96.0 Å². The maximum absolute atomic E-state index is 14.1. The Morgan fingerprint density at radius 1 is 0.976 bits per heavy atom. The minimum absolute atomic E-state index is 0.00548. The first-order valence-electron chi connectivity index (χ1n) is 12.9. The zero-order valence-electron chi connectivity index (χ0n) is 23.9. The molecule has 0 saturated carbocycles. The zero-order valence-corrected chi connectivity index (χ0v) is 26.3. The van der Waals surface area contributed by atoms with Crippen LogP contribution in [0.2, 0.25) is 10.0 Å². The number of nitrogens with one attached hydrogen (secondary N) is 1. The van der Waals surface area contributed by atoms with E-state index >= 15 is 0 Å². The molecule has 1 unspecified atom stereocenters. The minimum Gasteiger partial charge on any atom is -0.495 e. The summed E-state index contributed by atoms with van der Waals surface area (Å²) in [5.41, 5.74) is 1.04. The molecule has 8 nitrogen and oxygen atoms in total. The van der Waals surface area contributed by atoms with Crippen LogP contribution in [0.4, 0.5) is 5.69 Å². The van der Waals surface area contributed by atoms with Crippen LogP contribution < -0.4 is 14.4 Å². The first kappa shape index (κ1) is 32.2. The monoisotopic (exact) mass is 619 g/mol. The predicted molar refractivity (Wildman–Crippen MR) is 163 cm³/mol. The molecule has 3 aromatic carbocycles. The first-order chi connectivity index (χ1) is 19.1. The van der Waals surface area contributed by atoms with Gasteiger partial charge in [0.25, 0.3) is 10.0 Å². The lowest BCUT2D eigenvalue weighted by molar-refractivity contribution is -0.140. The number of aryl methyl sites for hydroxylation is 1. The fraction of sp³-hybridized carbons (Fsp3) is 0.333. The molecule has 0 fully saturated rings. The Kier molecular flexibility index (Phi) is 10.3. The van der Waals surface area contributed by atoms with Crippen LogP contribution in [0.25, 0.3) is 0 Å². The number of nitrogens with zero attached hydrogens (tertiary/aromatic N) is 2. The van der Waals surface area contributed by atoms with Crippen molar-refractivity contribution in [3.8, 4) is 5.75 Å². The number of carbonyl (C=O) groups is 2. The summed E-state index contributed by atoms with van der Waals surface area (Å²) in [5.74, 6) is -0.718. The lowest BCUT2D eigenvalue weighted by Crippen LogP contribution is -2.54. The van der Waals surface area contributed by atoms with E-state index in [4.69, 9.17) is 27.9 Å². The Balaban J connectivity index is 2.11. The molecule has 0 aliphatic carbocycles. The van der Waals surface area contributed by atoms with Crippen molar-refractivity contribution >= 4 is 50.7 Å². The number of anilines is 1. The molecule has 0 radical (unpaired) electrons. The van der Waals surface area contributed by atoms with E-state index in [2.05, 4.69) is 5.32 Å². The third-order valence-electron chi connectivity index (χ3n) is 6.22. The van der Waals surface area contributed by atoms with Crippen LogP contribution in [0.5, 0.6) is 5.75 Å². The fourth-order valence-electron chi connectivity index (χ4n) is 4.12. The maximum atomic E-state index is 14.1. The molecule has 0 spiro atoms. The van der Waals surface area contributed by atoms with Gasteiger partial charge >= 0.3 is 0 Å². The van der Waals surface area contributed by atoms with Gasteiger partial charge in [-0.25, -0.2) is 8.42 Å². The van der Waals surface area contributed by atoms with Gasteiger partial charge < -0.3 is 15.0 Å². The first-order valence-corrected chi connectivity index (χ1v) is 15.1. The van der Waals surface area contributed by atoms with Gasteiger partial charge in [-0.3, -0.25) is 13.9 Å². The Hall–Kier alpha value is -3.27. The van der Waals surface area contributed by atoms with E-state index in [0.717, 1.165) is 9.87 Å². The zero-order chi connectivity index (χ0) is 30.5. The molecule has 220 valence electrons. The normalized spacial score (nSPS) is 12.4. The van der Waals surface area contributed by atoms with Gasteiger partial charge in [-0.05, 0) is 82.1 Å². The average molecular weight is 621 g/mol. The number of sulfonamides is 1. The van der Waals surface area contributed by atoms with E-state index in [1.54, 1.807) is 61.5 Å². The predicted octanol–water partition coefficient (Wildman–Crippen LogP) is 5.84. The maximum Gasteiger partial charge on any atom is 0.264 e. The van der Waals surface area contributed by atoms with Crippen molar-refractivity contribution in [2.75, 3.05) is 18.0 Å². The van der Waals surface area contributed by atoms with Crippen molar-refractivity contribution in [3.05, 3.63) is 87.9 Å². The average Bonchev–Trinajstić information content (AvgIpc) is 2.91. The molecule has 11 heteroatoms. The lowest BCUT2D eigenvalue weighted by atomic mass is 10.1. The second kappa shape index (κ2) is 13.1. The summed E-state index contributed by atoms with van der Waals surface area (Å²) in [4.78, 5) is 28.7. The Bertz CT molecular complexity index is 1510. The van der Waals surface area contributed by atoms with Crippen LogP contribution in [0, 0.1) is 6.92 Å². The van der Waals surface area contributed by atoms with Crippen molar-refractivity contribution in [2.24, 2.45) is 0 Å². The highest BCUT2D eigenvalue weighted by Gasteiger charge is 2.34. The van der Waals surface area contributed by atoms with Gasteiger partial charge in [-0.1, -0.05) is 53.5 Å². The smallest absolute Gasteiger partial charge is 0.264 e. The molecule has 0 heterocycles. The van der Waals surface area contributed by atoms with Gasteiger partial charge in [-0.15, -0.1) is 0 Å². The van der Waals surface area contributed by atoms with E-state index in [0.29, 0.717) is 15.6 Å². The number of benzene rings is 3. The van der Waals surface area contributed by atoms with Crippen molar-refractivity contribution < 1.29 is 22.7 Å². The van der Waals surface area contributed by atoms with Gasteiger partial charge in [0, 0.05) is 12.1 Å². The lowest BCUT2D eigenvalue weighted by Gasteiger charge is -2.34. The molecule has 1 atom stereocenters. The molecular formula is C30H35Cl2N3O5S.